The van der Waals surface area contributed by atoms with E-state index >= 15 is 0 Å². The number of amides is 1. The Hall–Kier alpha value is -1.94. The molecule has 1 aromatic rings. The SMILES string of the molecule is CC1COC2(C=CC(=O)CC2)N(c2ccccc2)C1=O. The Morgan fingerprint density at radius 1 is 1.25 bits per heavy atom. The van der Waals surface area contributed by atoms with E-state index in [0.29, 0.717) is 19.4 Å². The normalized spacial score (nSPS) is 30.1. The topological polar surface area (TPSA) is 46.6 Å². The molecule has 0 aromatic heterocycles. The summed E-state index contributed by atoms with van der Waals surface area (Å²) in [5.74, 6) is -0.0494. The molecule has 1 aliphatic heterocycles. The van der Waals surface area contributed by atoms with E-state index in [2.05, 4.69) is 0 Å². The molecule has 1 fully saturated rings. The number of hydrogen-bond acceptors (Lipinski definition) is 3. The molecule has 4 heteroatoms. The van der Waals surface area contributed by atoms with Gasteiger partial charge in [0.25, 0.3) is 0 Å². The lowest BCUT2D eigenvalue weighted by atomic mass is 9.92. The van der Waals surface area contributed by atoms with Gasteiger partial charge >= 0.3 is 0 Å². The number of carbonyl (C=O) groups excluding carboxylic acids is 2. The molecule has 1 aromatic carbocycles. The molecule has 2 aliphatic rings. The lowest BCUT2D eigenvalue weighted by molar-refractivity contribution is -0.143. The van der Waals surface area contributed by atoms with Crippen molar-refractivity contribution in [3.05, 3.63) is 42.5 Å². The first-order valence-corrected chi connectivity index (χ1v) is 6.87. The van der Waals surface area contributed by atoms with Crippen molar-refractivity contribution < 1.29 is 14.3 Å². The van der Waals surface area contributed by atoms with Crippen LogP contribution in [0.1, 0.15) is 19.8 Å². The van der Waals surface area contributed by atoms with Crippen molar-refractivity contribution in [1.29, 1.82) is 0 Å². The van der Waals surface area contributed by atoms with E-state index < -0.39 is 5.72 Å². The molecule has 1 spiro atoms. The van der Waals surface area contributed by atoms with E-state index in [1.807, 2.05) is 37.3 Å². The number of para-hydroxylation sites is 1. The quantitative estimate of drug-likeness (QED) is 0.787. The standard InChI is InChI=1S/C16H17NO3/c1-12-11-20-16(9-7-14(18)8-10-16)17(15(12)19)13-5-3-2-4-6-13/h2-7,9,12H,8,10-11H2,1H3. The van der Waals surface area contributed by atoms with Crippen molar-refractivity contribution in [2.24, 2.45) is 5.92 Å². The number of allylic oxidation sites excluding steroid dienone is 1. The van der Waals surface area contributed by atoms with Crippen molar-refractivity contribution in [3.8, 4) is 0 Å². The largest absolute Gasteiger partial charge is 0.351 e. The molecular formula is C16H17NO3. The molecule has 0 bridgehead atoms. The predicted molar refractivity (Wildman–Crippen MR) is 75.2 cm³/mol. The molecule has 20 heavy (non-hydrogen) atoms. The van der Waals surface area contributed by atoms with E-state index in [1.54, 1.807) is 11.0 Å². The minimum absolute atomic E-state index is 0.0430. The van der Waals surface area contributed by atoms with Crippen LogP contribution >= 0.6 is 0 Å². The lowest BCUT2D eigenvalue weighted by Gasteiger charge is -2.47. The monoisotopic (exact) mass is 271 g/mol. The van der Waals surface area contributed by atoms with E-state index in [4.69, 9.17) is 4.74 Å². The van der Waals surface area contributed by atoms with E-state index in [-0.39, 0.29) is 17.6 Å². The molecule has 2 atom stereocenters. The van der Waals surface area contributed by atoms with E-state index in [1.165, 1.54) is 6.08 Å². The summed E-state index contributed by atoms with van der Waals surface area (Å²) in [5, 5.41) is 0. The maximum atomic E-state index is 12.6. The average molecular weight is 271 g/mol. The van der Waals surface area contributed by atoms with Crippen LogP contribution < -0.4 is 4.90 Å². The molecule has 2 unspecified atom stereocenters. The highest BCUT2D eigenvalue weighted by atomic mass is 16.5. The Labute approximate surface area is 118 Å². The summed E-state index contributed by atoms with van der Waals surface area (Å²) in [6.07, 6.45) is 4.18. The van der Waals surface area contributed by atoms with Gasteiger partial charge in [-0.2, -0.15) is 0 Å². The van der Waals surface area contributed by atoms with Gasteiger partial charge in [0.15, 0.2) is 11.5 Å². The summed E-state index contributed by atoms with van der Waals surface area (Å²) < 4.78 is 5.97. The number of nitrogens with zero attached hydrogens (tertiary/aromatic N) is 1. The molecular weight excluding hydrogens is 254 g/mol. The second-order valence-corrected chi connectivity index (χ2v) is 5.37. The van der Waals surface area contributed by atoms with Crippen LogP contribution in [-0.2, 0) is 14.3 Å². The number of carbonyl (C=O) groups is 2. The first kappa shape index (κ1) is 13.1. The number of benzene rings is 1. The van der Waals surface area contributed by atoms with Gasteiger partial charge < -0.3 is 4.74 Å². The van der Waals surface area contributed by atoms with Crippen molar-refractivity contribution in [1.82, 2.24) is 0 Å². The van der Waals surface area contributed by atoms with Gasteiger partial charge in [-0.05, 0) is 24.3 Å². The van der Waals surface area contributed by atoms with Gasteiger partial charge in [-0.3, -0.25) is 14.5 Å². The van der Waals surface area contributed by atoms with Gasteiger partial charge in [0, 0.05) is 18.5 Å². The number of anilines is 1. The first-order chi connectivity index (χ1) is 9.62. The Morgan fingerprint density at radius 3 is 2.65 bits per heavy atom. The molecule has 0 radical (unpaired) electrons. The minimum atomic E-state index is -0.807. The van der Waals surface area contributed by atoms with E-state index in [0.717, 1.165) is 5.69 Å². The van der Waals surface area contributed by atoms with Crippen LogP contribution in [-0.4, -0.2) is 24.0 Å². The second-order valence-electron chi connectivity index (χ2n) is 5.37. The Kier molecular flexibility index (Phi) is 3.18. The van der Waals surface area contributed by atoms with Crippen LogP contribution in [0.4, 0.5) is 5.69 Å². The van der Waals surface area contributed by atoms with Crippen LogP contribution in [0.3, 0.4) is 0 Å². The maximum Gasteiger partial charge on any atom is 0.234 e. The highest BCUT2D eigenvalue weighted by molar-refractivity contribution is 5.98. The summed E-state index contributed by atoms with van der Waals surface area (Å²) in [7, 11) is 0. The average Bonchev–Trinajstić information content (AvgIpc) is 2.48. The highest BCUT2D eigenvalue weighted by Gasteiger charge is 2.46. The van der Waals surface area contributed by atoms with Crippen LogP contribution in [0, 0.1) is 5.92 Å². The third-order valence-corrected chi connectivity index (χ3v) is 3.88. The van der Waals surface area contributed by atoms with Gasteiger partial charge in [-0.25, -0.2) is 0 Å². The first-order valence-electron chi connectivity index (χ1n) is 6.87. The molecule has 0 saturated carbocycles. The van der Waals surface area contributed by atoms with Crippen molar-refractivity contribution in [3.63, 3.8) is 0 Å². The molecule has 0 N–H and O–H groups in total. The van der Waals surface area contributed by atoms with Crippen LogP contribution in [0.2, 0.25) is 0 Å². The van der Waals surface area contributed by atoms with Gasteiger partial charge in [0.2, 0.25) is 5.91 Å². The number of ether oxygens (including phenoxy) is 1. The van der Waals surface area contributed by atoms with Crippen LogP contribution in [0.5, 0.6) is 0 Å². The van der Waals surface area contributed by atoms with Crippen molar-refractivity contribution in [2.75, 3.05) is 11.5 Å². The van der Waals surface area contributed by atoms with Gasteiger partial charge in [0.05, 0.1) is 12.5 Å². The Bertz CT molecular complexity index is 566. The second kappa shape index (κ2) is 4.87. The fraction of sp³-hybridized carbons (Fsp3) is 0.375. The summed E-state index contributed by atoms with van der Waals surface area (Å²) >= 11 is 0. The molecule has 4 nitrogen and oxygen atoms in total. The number of hydrogen-bond donors (Lipinski definition) is 0. The zero-order valence-corrected chi connectivity index (χ0v) is 11.4. The summed E-state index contributed by atoms with van der Waals surface area (Å²) in [5.41, 5.74) is 0.00169. The Morgan fingerprint density at radius 2 is 2.00 bits per heavy atom. The maximum absolute atomic E-state index is 12.6. The van der Waals surface area contributed by atoms with E-state index in [9.17, 15) is 9.59 Å². The van der Waals surface area contributed by atoms with Crippen molar-refractivity contribution >= 4 is 17.4 Å². The van der Waals surface area contributed by atoms with Crippen molar-refractivity contribution in [2.45, 2.75) is 25.5 Å². The van der Waals surface area contributed by atoms with Gasteiger partial charge in [-0.1, -0.05) is 25.1 Å². The third-order valence-electron chi connectivity index (χ3n) is 3.88. The zero-order chi connectivity index (χ0) is 14.2. The number of ketones is 1. The fourth-order valence-electron chi connectivity index (χ4n) is 2.73. The molecule has 3 rings (SSSR count). The summed E-state index contributed by atoms with van der Waals surface area (Å²) in [6.45, 7) is 2.25. The van der Waals surface area contributed by atoms with Crippen LogP contribution in [0.15, 0.2) is 42.5 Å². The van der Waals surface area contributed by atoms with Gasteiger partial charge in [-0.15, -0.1) is 0 Å². The summed E-state index contributed by atoms with van der Waals surface area (Å²) in [6, 6.07) is 9.49. The summed E-state index contributed by atoms with van der Waals surface area (Å²) in [4.78, 5) is 25.7. The molecule has 1 saturated heterocycles. The zero-order valence-electron chi connectivity index (χ0n) is 11.4. The van der Waals surface area contributed by atoms with Crippen LogP contribution in [0.25, 0.3) is 0 Å². The lowest BCUT2D eigenvalue weighted by Crippen LogP contribution is -2.60. The fourth-order valence-corrected chi connectivity index (χ4v) is 2.73. The molecule has 1 amide bonds. The van der Waals surface area contributed by atoms with Gasteiger partial charge in [0.1, 0.15) is 0 Å². The molecule has 104 valence electrons. The molecule has 1 heterocycles. The predicted octanol–water partition coefficient (Wildman–Crippen LogP) is 2.30. The smallest absolute Gasteiger partial charge is 0.234 e. The third kappa shape index (κ3) is 2.06. The number of rotatable bonds is 1. The minimum Gasteiger partial charge on any atom is -0.351 e. The highest BCUT2D eigenvalue weighted by Crippen LogP contribution is 2.37. The Balaban J connectivity index is 2.06. The molecule has 1 aliphatic carbocycles.